The molecule has 1 aromatic rings. The SMILES string of the molecule is FC(F)(F)/C=C(\SCc1ccccc1)C(F)(F)F. The summed E-state index contributed by atoms with van der Waals surface area (Å²) >= 11 is 0.125. The molecule has 1 aromatic carbocycles. The van der Waals surface area contributed by atoms with E-state index < -0.39 is 23.3 Å². The summed E-state index contributed by atoms with van der Waals surface area (Å²) in [5, 5.41) is 0. The minimum atomic E-state index is -4.99. The van der Waals surface area contributed by atoms with Crippen LogP contribution < -0.4 is 0 Å². The lowest BCUT2D eigenvalue weighted by Gasteiger charge is -2.12. The third kappa shape index (κ3) is 5.48. The smallest absolute Gasteiger partial charge is 0.167 e. The normalized spacial score (nSPS) is 13.8. The molecule has 0 saturated carbocycles. The lowest BCUT2D eigenvalue weighted by molar-refractivity contribution is -0.101. The van der Waals surface area contributed by atoms with E-state index in [1.165, 1.54) is 0 Å². The fraction of sp³-hybridized carbons (Fsp3) is 0.273. The Balaban J connectivity index is 2.79. The minimum absolute atomic E-state index is 0.125. The molecule has 0 saturated heterocycles. The average Bonchev–Trinajstić information content (AvgIpc) is 2.22. The number of rotatable bonds is 3. The van der Waals surface area contributed by atoms with Gasteiger partial charge in [0.05, 0.1) is 4.91 Å². The van der Waals surface area contributed by atoms with E-state index in [1.807, 2.05) is 0 Å². The van der Waals surface area contributed by atoms with Crippen LogP contribution in [-0.4, -0.2) is 12.4 Å². The van der Waals surface area contributed by atoms with Gasteiger partial charge in [-0.1, -0.05) is 30.3 Å². The number of thioether (sulfide) groups is 1. The molecule has 0 fully saturated rings. The largest absolute Gasteiger partial charge is 0.422 e. The highest BCUT2D eigenvalue weighted by molar-refractivity contribution is 8.02. The van der Waals surface area contributed by atoms with E-state index in [4.69, 9.17) is 0 Å². The zero-order chi connectivity index (χ0) is 13.8. The molecule has 0 atom stereocenters. The van der Waals surface area contributed by atoms with E-state index in [-0.39, 0.29) is 17.5 Å². The summed E-state index contributed by atoms with van der Waals surface area (Å²) in [6.07, 6.45) is -10.7. The number of benzene rings is 1. The lowest BCUT2D eigenvalue weighted by Crippen LogP contribution is -2.14. The first-order chi connectivity index (χ1) is 8.18. The Labute approximate surface area is 104 Å². The van der Waals surface area contributed by atoms with Crippen molar-refractivity contribution in [1.29, 1.82) is 0 Å². The third-order valence-electron chi connectivity index (χ3n) is 1.81. The second-order valence-electron chi connectivity index (χ2n) is 3.32. The molecular weight excluding hydrogens is 278 g/mol. The van der Waals surface area contributed by atoms with Crippen LogP contribution in [-0.2, 0) is 5.75 Å². The highest BCUT2D eigenvalue weighted by Gasteiger charge is 2.38. The predicted octanol–water partition coefficient (Wildman–Crippen LogP) is 4.93. The molecule has 0 spiro atoms. The van der Waals surface area contributed by atoms with Crippen LogP contribution in [0.5, 0.6) is 0 Å². The average molecular weight is 286 g/mol. The molecule has 0 N–H and O–H groups in total. The maximum Gasteiger partial charge on any atom is 0.422 e. The van der Waals surface area contributed by atoms with E-state index in [2.05, 4.69) is 0 Å². The first-order valence-corrected chi connectivity index (χ1v) is 5.70. The molecule has 0 aliphatic rings. The van der Waals surface area contributed by atoms with Gasteiger partial charge in [0.25, 0.3) is 0 Å². The minimum Gasteiger partial charge on any atom is -0.167 e. The fourth-order valence-corrected chi connectivity index (χ4v) is 1.98. The van der Waals surface area contributed by atoms with E-state index in [1.54, 1.807) is 30.3 Å². The van der Waals surface area contributed by atoms with Gasteiger partial charge < -0.3 is 0 Å². The Morgan fingerprint density at radius 2 is 1.56 bits per heavy atom. The van der Waals surface area contributed by atoms with Gasteiger partial charge in [-0.25, -0.2) is 0 Å². The van der Waals surface area contributed by atoms with Crippen molar-refractivity contribution >= 4 is 11.8 Å². The van der Waals surface area contributed by atoms with Crippen molar-refractivity contribution < 1.29 is 26.3 Å². The summed E-state index contributed by atoms with van der Waals surface area (Å²) in [4.78, 5) is -1.64. The van der Waals surface area contributed by atoms with Crippen molar-refractivity contribution in [2.45, 2.75) is 18.1 Å². The van der Waals surface area contributed by atoms with E-state index in [0.29, 0.717) is 5.56 Å². The van der Waals surface area contributed by atoms with Crippen LogP contribution in [0, 0.1) is 0 Å². The fourth-order valence-electron chi connectivity index (χ4n) is 1.09. The summed E-state index contributed by atoms with van der Waals surface area (Å²) < 4.78 is 73.0. The van der Waals surface area contributed by atoms with Crippen molar-refractivity contribution in [3.05, 3.63) is 46.9 Å². The third-order valence-corrected chi connectivity index (χ3v) is 2.95. The molecule has 0 aromatic heterocycles. The predicted molar refractivity (Wildman–Crippen MR) is 57.9 cm³/mol. The van der Waals surface area contributed by atoms with Gasteiger partial charge in [0.15, 0.2) is 0 Å². The Hall–Kier alpha value is -1.11. The molecule has 0 bridgehead atoms. The summed E-state index contributed by atoms with van der Waals surface area (Å²) in [6, 6.07) is 7.99. The van der Waals surface area contributed by atoms with Crippen molar-refractivity contribution in [2.75, 3.05) is 0 Å². The summed E-state index contributed by atoms with van der Waals surface area (Å²) in [7, 11) is 0. The Kier molecular flexibility index (Phi) is 4.72. The zero-order valence-electron chi connectivity index (χ0n) is 8.85. The van der Waals surface area contributed by atoms with Crippen LogP contribution in [0.15, 0.2) is 41.3 Å². The van der Waals surface area contributed by atoms with Gasteiger partial charge in [-0.05, 0) is 5.56 Å². The molecule has 100 valence electrons. The highest BCUT2D eigenvalue weighted by Crippen LogP contribution is 2.38. The van der Waals surface area contributed by atoms with Crippen LogP contribution >= 0.6 is 11.8 Å². The van der Waals surface area contributed by atoms with Gasteiger partial charge in [0, 0.05) is 11.8 Å². The van der Waals surface area contributed by atoms with Gasteiger partial charge in [-0.2, -0.15) is 26.3 Å². The van der Waals surface area contributed by atoms with Crippen molar-refractivity contribution in [1.82, 2.24) is 0 Å². The maximum absolute atomic E-state index is 12.4. The Bertz CT molecular complexity index is 404. The first-order valence-electron chi connectivity index (χ1n) is 4.72. The Morgan fingerprint density at radius 1 is 1.00 bits per heavy atom. The molecule has 0 nitrogen and oxygen atoms in total. The van der Waals surface area contributed by atoms with Crippen LogP contribution in [0.4, 0.5) is 26.3 Å². The zero-order valence-corrected chi connectivity index (χ0v) is 9.66. The number of hydrogen-bond donors (Lipinski definition) is 0. The van der Waals surface area contributed by atoms with Crippen LogP contribution in [0.1, 0.15) is 5.56 Å². The molecule has 7 heteroatoms. The van der Waals surface area contributed by atoms with Crippen molar-refractivity contribution in [3.8, 4) is 0 Å². The van der Waals surface area contributed by atoms with Gasteiger partial charge >= 0.3 is 12.4 Å². The summed E-state index contributed by atoms with van der Waals surface area (Å²) in [5.41, 5.74) is 0.528. The van der Waals surface area contributed by atoms with Crippen LogP contribution in [0.3, 0.4) is 0 Å². The number of halogens is 6. The summed E-state index contributed by atoms with van der Waals surface area (Å²) in [5.74, 6) is -0.164. The number of allylic oxidation sites excluding steroid dienone is 2. The molecule has 0 heterocycles. The molecule has 0 aliphatic heterocycles. The van der Waals surface area contributed by atoms with E-state index in [0.717, 1.165) is 0 Å². The van der Waals surface area contributed by atoms with Gasteiger partial charge in [0.2, 0.25) is 0 Å². The lowest BCUT2D eigenvalue weighted by atomic mass is 10.2. The molecule has 18 heavy (non-hydrogen) atoms. The second-order valence-corrected chi connectivity index (χ2v) is 4.34. The molecule has 0 radical (unpaired) electrons. The van der Waals surface area contributed by atoms with Crippen LogP contribution in [0.2, 0.25) is 0 Å². The van der Waals surface area contributed by atoms with Crippen LogP contribution in [0.25, 0.3) is 0 Å². The molecule has 0 amide bonds. The molecule has 1 rings (SSSR count). The number of alkyl halides is 6. The highest BCUT2D eigenvalue weighted by atomic mass is 32.2. The van der Waals surface area contributed by atoms with E-state index >= 15 is 0 Å². The monoisotopic (exact) mass is 286 g/mol. The summed E-state index contributed by atoms with van der Waals surface area (Å²) in [6.45, 7) is 0. The van der Waals surface area contributed by atoms with Gasteiger partial charge in [-0.3, -0.25) is 0 Å². The second kappa shape index (κ2) is 5.69. The van der Waals surface area contributed by atoms with Gasteiger partial charge in [0.1, 0.15) is 0 Å². The maximum atomic E-state index is 12.4. The van der Waals surface area contributed by atoms with Crippen molar-refractivity contribution in [3.63, 3.8) is 0 Å². The quantitative estimate of drug-likeness (QED) is 0.710. The first kappa shape index (κ1) is 14.9. The van der Waals surface area contributed by atoms with Gasteiger partial charge in [-0.15, -0.1) is 11.8 Å². The van der Waals surface area contributed by atoms with Crippen molar-refractivity contribution in [2.24, 2.45) is 0 Å². The standard InChI is InChI=1S/C11H8F6S/c12-10(13,14)6-9(11(15,16)17)18-7-8-4-2-1-3-5-8/h1-6H,7H2/b9-6-. The molecule has 0 unspecified atom stereocenters. The van der Waals surface area contributed by atoms with E-state index in [9.17, 15) is 26.3 Å². The molecule has 0 aliphatic carbocycles. The topological polar surface area (TPSA) is 0 Å². The Morgan fingerprint density at radius 3 is 2.00 bits per heavy atom. The molecular formula is C11H8F6S. The number of hydrogen-bond acceptors (Lipinski definition) is 1.